The van der Waals surface area contributed by atoms with E-state index >= 15 is 0 Å². The zero-order valence-corrected chi connectivity index (χ0v) is 12.9. The molecule has 2 aromatic carbocycles. The lowest BCUT2D eigenvalue weighted by Gasteiger charge is -2.17. The first-order valence-corrected chi connectivity index (χ1v) is 6.97. The van der Waals surface area contributed by atoms with E-state index in [9.17, 15) is 4.39 Å². The molecule has 1 nitrogen and oxygen atoms in total. The molecule has 1 unspecified atom stereocenters. The van der Waals surface area contributed by atoms with E-state index in [0.717, 1.165) is 16.7 Å². The number of benzene rings is 2. The van der Waals surface area contributed by atoms with E-state index in [1.54, 1.807) is 12.1 Å². The van der Waals surface area contributed by atoms with Crippen molar-refractivity contribution in [3.8, 4) is 0 Å². The van der Waals surface area contributed by atoms with Gasteiger partial charge in [-0.25, -0.2) is 4.39 Å². The Bertz CT molecular complexity index is 622. The maximum absolute atomic E-state index is 13.3. The first-order chi connectivity index (χ1) is 8.90. The number of aryl methyl sites for hydroxylation is 3. The van der Waals surface area contributed by atoms with Crippen LogP contribution in [-0.4, -0.2) is 0 Å². The monoisotopic (exact) mass is 321 g/mol. The molecule has 0 spiro atoms. The maximum atomic E-state index is 13.3. The highest BCUT2D eigenvalue weighted by Gasteiger charge is 2.14. The normalized spacial score (nSPS) is 12.5. The summed E-state index contributed by atoms with van der Waals surface area (Å²) >= 11 is 3.20. The maximum Gasteiger partial charge on any atom is 0.137 e. The number of rotatable bonds is 2. The Kier molecular flexibility index (Phi) is 4.07. The van der Waals surface area contributed by atoms with Crippen molar-refractivity contribution < 1.29 is 4.39 Å². The zero-order chi connectivity index (χ0) is 14.2. The van der Waals surface area contributed by atoms with Gasteiger partial charge in [-0.05, 0) is 76.7 Å². The number of hydrogen-bond acceptors (Lipinski definition) is 1. The van der Waals surface area contributed by atoms with Crippen molar-refractivity contribution in [2.45, 2.75) is 26.8 Å². The van der Waals surface area contributed by atoms with Gasteiger partial charge >= 0.3 is 0 Å². The summed E-state index contributed by atoms with van der Waals surface area (Å²) in [6.45, 7) is 6.22. The van der Waals surface area contributed by atoms with Crippen molar-refractivity contribution in [2.24, 2.45) is 5.73 Å². The Balaban J connectivity index is 2.46. The summed E-state index contributed by atoms with van der Waals surface area (Å²) in [5, 5.41) is 0. The van der Waals surface area contributed by atoms with Crippen LogP contribution in [0.1, 0.15) is 33.9 Å². The van der Waals surface area contributed by atoms with Crippen LogP contribution in [-0.2, 0) is 0 Å². The van der Waals surface area contributed by atoms with E-state index < -0.39 is 0 Å². The fourth-order valence-corrected chi connectivity index (χ4v) is 2.60. The second-order valence-corrected chi connectivity index (χ2v) is 5.80. The molecular weight excluding hydrogens is 305 g/mol. The molecule has 100 valence electrons. The minimum absolute atomic E-state index is 0.240. The molecule has 0 radical (unpaired) electrons. The van der Waals surface area contributed by atoms with Crippen molar-refractivity contribution in [1.29, 1.82) is 0 Å². The van der Waals surface area contributed by atoms with Gasteiger partial charge in [-0.15, -0.1) is 0 Å². The highest BCUT2D eigenvalue weighted by molar-refractivity contribution is 9.10. The molecule has 0 fully saturated rings. The summed E-state index contributed by atoms with van der Waals surface area (Å²) < 4.78 is 13.7. The molecule has 0 aliphatic heterocycles. The molecule has 0 saturated heterocycles. The van der Waals surface area contributed by atoms with Crippen molar-refractivity contribution in [1.82, 2.24) is 0 Å². The zero-order valence-electron chi connectivity index (χ0n) is 11.3. The molecule has 2 rings (SSSR count). The fourth-order valence-electron chi connectivity index (χ4n) is 2.20. The molecule has 0 aliphatic rings. The predicted octanol–water partition coefficient (Wildman–Crippen LogP) is 4.56. The van der Waals surface area contributed by atoms with Gasteiger partial charge in [0.15, 0.2) is 0 Å². The van der Waals surface area contributed by atoms with E-state index in [2.05, 4.69) is 48.8 Å². The number of halogens is 2. The molecule has 2 N–H and O–H groups in total. The quantitative estimate of drug-likeness (QED) is 0.862. The lowest BCUT2D eigenvalue weighted by atomic mass is 9.92. The van der Waals surface area contributed by atoms with Gasteiger partial charge in [-0.2, -0.15) is 0 Å². The minimum Gasteiger partial charge on any atom is -0.320 e. The molecule has 0 bridgehead atoms. The molecule has 0 aliphatic carbocycles. The van der Waals surface area contributed by atoms with Gasteiger partial charge in [0.1, 0.15) is 5.82 Å². The molecule has 1 atom stereocenters. The van der Waals surface area contributed by atoms with Gasteiger partial charge in [0.2, 0.25) is 0 Å². The smallest absolute Gasteiger partial charge is 0.137 e. The summed E-state index contributed by atoms with van der Waals surface area (Å²) in [5.74, 6) is -0.271. The molecule has 0 aromatic heterocycles. The van der Waals surface area contributed by atoms with Gasteiger partial charge in [0.25, 0.3) is 0 Å². The van der Waals surface area contributed by atoms with Crippen LogP contribution >= 0.6 is 15.9 Å². The SMILES string of the molecule is Cc1cc(C)c(C(N)c2ccc(F)c(Br)c2)cc1C. The molecule has 19 heavy (non-hydrogen) atoms. The molecule has 3 heteroatoms. The first-order valence-electron chi connectivity index (χ1n) is 6.18. The summed E-state index contributed by atoms with van der Waals surface area (Å²) in [6.07, 6.45) is 0. The minimum atomic E-state index is -0.271. The Morgan fingerprint density at radius 1 is 1.00 bits per heavy atom. The van der Waals surface area contributed by atoms with E-state index in [1.807, 2.05) is 0 Å². The van der Waals surface area contributed by atoms with Crippen molar-refractivity contribution >= 4 is 15.9 Å². The second-order valence-electron chi connectivity index (χ2n) is 4.94. The molecule has 0 heterocycles. The third-order valence-electron chi connectivity index (χ3n) is 3.52. The first kappa shape index (κ1) is 14.2. The van der Waals surface area contributed by atoms with Crippen LogP contribution < -0.4 is 5.73 Å². The van der Waals surface area contributed by atoms with Crippen LogP contribution in [0, 0.1) is 26.6 Å². The second kappa shape index (κ2) is 5.43. The standard InChI is InChI=1S/C16H17BrFN/c1-9-6-11(3)13(7-10(9)2)16(19)12-4-5-15(18)14(17)8-12/h4-8,16H,19H2,1-3H3. The van der Waals surface area contributed by atoms with Crippen molar-refractivity contribution in [3.05, 3.63) is 68.4 Å². The van der Waals surface area contributed by atoms with Gasteiger partial charge in [0.05, 0.1) is 10.5 Å². The Morgan fingerprint density at radius 2 is 1.63 bits per heavy atom. The molecule has 2 aromatic rings. The Labute approximate surface area is 121 Å². The van der Waals surface area contributed by atoms with E-state index in [-0.39, 0.29) is 11.9 Å². The fraction of sp³-hybridized carbons (Fsp3) is 0.250. The number of nitrogens with two attached hydrogens (primary N) is 1. The highest BCUT2D eigenvalue weighted by Crippen LogP contribution is 2.28. The molecule has 0 saturated carbocycles. The summed E-state index contributed by atoms with van der Waals surface area (Å²) in [4.78, 5) is 0. The van der Waals surface area contributed by atoms with Gasteiger partial charge in [-0.3, -0.25) is 0 Å². The number of hydrogen-bond donors (Lipinski definition) is 1. The van der Waals surface area contributed by atoms with Crippen LogP contribution in [0.4, 0.5) is 4.39 Å². The summed E-state index contributed by atoms with van der Waals surface area (Å²) in [5.41, 5.74) is 11.9. The molecular formula is C16H17BrFN. The van der Waals surface area contributed by atoms with Crippen molar-refractivity contribution in [2.75, 3.05) is 0 Å². The lowest BCUT2D eigenvalue weighted by Crippen LogP contribution is -2.14. The van der Waals surface area contributed by atoms with Crippen LogP contribution in [0.25, 0.3) is 0 Å². The van der Waals surface area contributed by atoms with Crippen molar-refractivity contribution in [3.63, 3.8) is 0 Å². The largest absolute Gasteiger partial charge is 0.320 e. The summed E-state index contributed by atoms with van der Waals surface area (Å²) in [6, 6.07) is 8.94. The van der Waals surface area contributed by atoms with E-state index in [1.165, 1.54) is 17.2 Å². The highest BCUT2D eigenvalue weighted by atomic mass is 79.9. The third kappa shape index (κ3) is 2.88. The average molecular weight is 322 g/mol. The topological polar surface area (TPSA) is 26.0 Å². The Morgan fingerprint density at radius 3 is 2.26 bits per heavy atom. The van der Waals surface area contributed by atoms with Crippen LogP contribution in [0.3, 0.4) is 0 Å². The van der Waals surface area contributed by atoms with E-state index in [0.29, 0.717) is 4.47 Å². The van der Waals surface area contributed by atoms with Crippen LogP contribution in [0.15, 0.2) is 34.8 Å². The van der Waals surface area contributed by atoms with Gasteiger partial charge < -0.3 is 5.73 Å². The third-order valence-corrected chi connectivity index (χ3v) is 4.13. The predicted molar refractivity (Wildman–Crippen MR) is 80.8 cm³/mol. The van der Waals surface area contributed by atoms with E-state index in [4.69, 9.17) is 5.73 Å². The van der Waals surface area contributed by atoms with Crippen LogP contribution in [0.2, 0.25) is 0 Å². The summed E-state index contributed by atoms with van der Waals surface area (Å²) in [7, 11) is 0. The lowest BCUT2D eigenvalue weighted by molar-refractivity contribution is 0.619. The Hall–Kier alpha value is -1.19. The molecule has 0 amide bonds. The van der Waals surface area contributed by atoms with Crippen LogP contribution in [0.5, 0.6) is 0 Å². The van der Waals surface area contributed by atoms with Gasteiger partial charge in [0, 0.05) is 0 Å². The average Bonchev–Trinajstić information content (AvgIpc) is 2.36. The van der Waals surface area contributed by atoms with Gasteiger partial charge in [-0.1, -0.05) is 18.2 Å².